The molecule has 0 bridgehead atoms. The molecule has 0 fully saturated rings. The van der Waals surface area contributed by atoms with Gasteiger partial charge in [0, 0.05) is 0 Å². The predicted molar refractivity (Wildman–Crippen MR) is 133 cm³/mol. The molecule has 0 heterocycles. The molecule has 0 N–H and O–H groups in total. The zero-order valence-electron chi connectivity index (χ0n) is 20.4. The number of hydrogen-bond donors (Lipinski definition) is 0. The van der Waals surface area contributed by atoms with Gasteiger partial charge in [-0.3, -0.25) is 4.79 Å². The van der Waals surface area contributed by atoms with E-state index in [4.69, 9.17) is 9.05 Å². The maximum Gasteiger partial charge on any atom is 0.438 e. The molecule has 0 unspecified atom stereocenters. The molecule has 0 spiro atoms. The molecule has 0 amide bonds. The zero-order valence-corrected chi connectivity index (χ0v) is 21.3. The lowest BCUT2D eigenvalue weighted by Crippen LogP contribution is -2.12. The van der Waals surface area contributed by atoms with Crippen molar-refractivity contribution in [1.29, 1.82) is 0 Å². The van der Waals surface area contributed by atoms with Crippen LogP contribution < -0.4 is 9.05 Å². The molecule has 2 rings (SSSR count). The molecule has 0 aliphatic carbocycles. The summed E-state index contributed by atoms with van der Waals surface area (Å²) in [5.74, 6) is 0.888. The standard InChI is InChI=1S/C27H39O4P/c1-6-10-22-14-16-26(24(18-22)12-8-3)30-32(29,20-21(5)28)31-27-17-15-23(11-7-2)19-25(27)13-9-4/h14-19H,6-13,20H2,1-5H3. The summed E-state index contributed by atoms with van der Waals surface area (Å²) in [5.41, 5.74) is 4.50. The molecule has 0 saturated carbocycles. The van der Waals surface area contributed by atoms with Gasteiger partial charge in [0.1, 0.15) is 23.4 Å². The number of carbonyl (C=O) groups excluding carboxylic acids is 1. The topological polar surface area (TPSA) is 52.6 Å². The minimum absolute atomic E-state index is 0.215. The second-order valence-corrected chi connectivity index (χ2v) is 10.4. The first kappa shape index (κ1) is 26.2. The van der Waals surface area contributed by atoms with Gasteiger partial charge in [-0.1, -0.05) is 77.6 Å². The maximum atomic E-state index is 13.8. The van der Waals surface area contributed by atoms with Gasteiger partial charge in [-0.05, 0) is 67.0 Å². The van der Waals surface area contributed by atoms with Gasteiger partial charge < -0.3 is 9.05 Å². The molecular weight excluding hydrogens is 419 g/mol. The molecular formula is C27H39O4P. The van der Waals surface area contributed by atoms with Crippen LogP contribution in [0.5, 0.6) is 11.5 Å². The Labute approximate surface area is 194 Å². The Morgan fingerprint density at radius 3 is 1.47 bits per heavy atom. The lowest BCUT2D eigenvalue weighted by atomic mass is 10.0. The number of hydrogen-bond acceptors (Lipinski definition) is 4. The SMILES string of the molecule is CCCc1ccc(OP(=O)(CC(C)=O)Oc2ccc(CCC)cc2CCC)c(CCC)c1. The monoisotopic (exact) mass is 458 g/mol. The number of aryl methyl sites for hydroxylation is 4. The van der Waals surface area contributed by atoms with Gasteiger partial charge in [-0.2, -0.15) is 0 Å². The van der Waals surface area contributed by atoms with Crippen LogP contribution in [-0.2, 0) is 35.0 Å². The first-order valence-corrected chi connectivity index (χ1v) is 13.8. The van der Waals surface area contributed by atoms with Gasteiger partial charge in [0.25, 0.3) is 0 Å². The van der Waals surface area contributed by atoms with E-state index in [1.165, 1.54) is 18.1 Å². The molecule has 0 aromatic heterocycles. The van der Waals surface area contributed by atoms with Crippen molar-refractivity contribution in [2.24, 2.45) is 0 Å². The van der Waals surface area contributed by atoms with E-state index in [-0.39, 0.29) is 11.9 Å². The van der Waals surface area contributed by atoms with Crippen LogP contribution in [0.3, 0.4) is 0 Å². The first-order chi connectivity index (χ1) is 15.3. The Hall–Kier alpha value is -2.06. The van der Waals surface area contributed by atoms with Crippen LogP contribution in [0.25, 0.3) is 0 Å². The largest absolute Gasteiger partial charge is 0.438 e. The highest BCUT2D eigenvalue weighted by Gasteiger charge is 2.32. The van der Waals surface area contributed by atoms with Crippen molar-refractivity contribution in [3.8, 4) is 11.5 Å². The summed E-state index contributed by atoms with van der Waals surface area (Å²) < 4.78 is 25.9. The van der Waals surface area contributed by atoms with Crippen molar-refractivity contribution < 1.29 is 18.4 Å². The van der Waals surface area contributed by atoms with E-state index >= 15 is 0 Å². The molecule has 2 aromatic rings. The molecule has 32 heavy (non-hydrogen) atoms. The van der Waals surface area contributed by atoms with Gasteiger partial charge in [-0.15, -0.1) is 0 Å². The molecule has 0 radical (unpaired) electrons. The van der Waals surface area contributed by atoms with E-state index in [9.17, 15) is 9.36 Å². The fourth-order valence-electron chi connectivity index (χ4n) is 3.92. The summed E-state index contributed by atoms with van der Waals surface area (Å²) in [7, 11) is -3.73. The Morgan fingerprint density at radius 2 is 1.12 bits per heavy atom. The fourth-order valence-corrected chi connectivity index (χ4v) is 5.58. The van der Waals surface area contributed by atoms with Gasteiger partial charge in [-0.25, -0.2) is 4.57 Å². The zero-order chi connectivity index (χ0) is 23.6. The maximum absolute atomic E-state index is 13.8. The van der Waals surface area contributed by atoms with Crippen LogP contribution in [0.2, 0.25) is 0 Å². The smallest absolute Gasteiger partial charge is 0.415 e. The highest BCUT2D eigenvalue weighted by molar-refractivity contribution is 7.55. The summed E-state index contributed by atoms with van der Waals surface area (Å²) in [6.45, 7) is 9.94. The minimum Gasteiger partial charge on any atom is -0.415 e. The van der Waals surface area contributed by atoms with E-state index in [0.717, 1.165) is 62.5 Å². The predicted octanol–water partition coefficient (Wildman–Crippen LogP) is 7.74. The Morgan fingerprint density at radius 1 is 0.719 bits per heavy atom. The quantitative estimate of drug-likeness (QED) is 0.272. The van der Waals surface area contributed by atoms with Gasteiger partial charge in [0.15, 0.2) is 0 Å². The van der Waals surface area contributed by atoms with E-state index in [0.29, 0.717) is 11.5 Å². The van der Waals surface area contributed by atoms with E-state index in [1.807, 2.05) is 24.3 Å². The van der Waals surface area contributed by atoms with Gasteiger partial charge in [0.05, 0.1) is 0 Å². The lowest BCUT2D eigenvalue weighted by molar-refractivity contribution is -0.114. The van der Waals surface area contributed by atoms with Crippen LogP contribution in [-0.4, -0.2) is 11.9 Å². The van der Waals surface area contributed by atoms with E-state index in [1.54, 1.807) is 0 Å². The van der Waals surface area contributed by atoms with Crippen LogP contribution in [0, 0.1) is 0 Å². The second-order valence-electron chi connectivity index (χ2n) is 8.54. The van der Waals surface area contributed by atoms with E-state index < -0.39 is 7.60 Å². The molecule has 0 aliphatic heterocycles. The summed E-state index contributed by atoms with van der Waals surface area (Å²) in [6.07, 6.45) is 7.38. The van der Waals surface area contributed by atoms with Gasteiger partial charge in [0.2, 0.25) is 0 Å². The average Bonchev–Trinajstić information content (AvgIpc) is 2.72. The molecule has 0 saturated heterocycles. The number of Topliss-reactive ketones (excluding diaryl/α,β-unsaturated/α-hetero) is 1. The highest BCUT2D eigenvalue weighted by atomic mass is 31.2. The Balaban J connectivity index is 2.41. The minimum atomic E-state index is -3.73. The van der Waals surface area contributed by atoms with E-state index in [2.05, 4.69) is 39.8 Å². The number of ketones is 1. The fraction of sp³-hybridized carbons (Fsp3) is 0.519. The molecule has 5 heteroatoms. The van der Waals surface area contributed by atoms with Crippen molar-refractivity contribution in [3.63, 3.8) is 0 Å². The van der Waals surface area contributed by atoms with Crippen molar-refractivity contribution in [1.82, 2.24) is 0 Å². The third kappa shape index (κ3) is 7.81. The molecule has 0 aliphatic rings. The summed E-state index contributed by atoms with van der Waals surface area (Å²) in [4.78, 5) is 12.0. The summed E-state index contributed by atoms with van der Waals surface area (Å²) in [5, 5.41) is 0. The lowest BCUT2D eigenvalue weighted by Gasteiger charge is -2.23. The number of carbonyl (C=O) groups is 1. The van der Waals surface area contributed by atoms with Crippen molar-refractivity contribution in [2.75, 3.05) is 6.16 Å². The Kier molecular flexibility index (Phi) is 10.5. The Bertz CT molecular complexity index is 870. The summed E-state index contributed by atoms with van der Waals surface area (Å²) in [6, 6.07) is 12.0. The molecule has 0 atom stereocenters. The third-order valence-corrected chi connectivity index (χ3v) is 7.04. The highest BCUT2D eigenvalue weighted by Crippen LogP contribution is 2.50. The second kappa shape index (κ2) is 12.8. The normalized spacial score (nSPS) is 11.4. The van der Waals surface area contributed by atoms with Gasteiger partial charge >= 0.3 is 7.60 Å². The van der Waals surface area contributed by atoms with Crippen molar-refractivity contribution in [3.05, 3.63) is 58.7 Å². The summed E-state index contributed by atoms with van der Waals surface area (Å²) >= 11 is 0. The van der Waals surface area contributed by atoms with Crippen LogP contribution >= 0.6 is 7.60 Å². The van der Waals surface area contributed by atoms with Crippen LogP contribution in [0.15, 0.2) is 36.4 Å². The average molecular weight is 459 g/mol. The van der Waals surface area contributed by atoms with Crippen molar-refractivity contribution in [2.45, 2.75) is 86.0 Å². The van der Waals surface area contributed by atoms with Crippen molar-refractivity contribution >= 4 is 13.4 Å². The third-order valence-electron chi connectivity index (χ3n) is 5.26. The molecule has 2 aromatic carbocycles. The first-order valence-electron chi connectivity index (χ1n) is 12.0. The van der Waals surface area contributed by atoms with Crippen LogP contribution in [0.1, 0.15) is 82.6 Å². The molecule has 176 valence electrons. The number of rotatable bonds is 14. The van der Waals surface area contributed by atoms with Crippen LogP contribution in [0.4, 0.5) is 0 Å². The molecule has 4 nitrogen and oxygen atoms in total. The number of benzene rings is 2.